The van der Waals surface area contributed by atoms with E-state index in [0.29, 0.717) is 12.1 Å². The van der Waals surface area contributed by atoms with Crippen molar-refractivity contribution in [2.24, 2.45) is 0 Å². The van der Waals surface area contributed by atoms with Crippen LogP contribution >= 0.6 is 23.2 Å². The average molecular weight is 427 g/mol. The fourth-order valence-corrected chi connectivity index (χ4v) is 2.72. The lowest BCUT2D eigenvalue weighted by Gasteiger charge is -2.22. The first-order valence-electron chi connectivity index (χ1n) is 8.58. The molecule has 0 aliphatic carbocycles. The minimum absolute atomic E-state index is 0.0892. The maximum Gasteiger partial charge on any atom is 0.253 e. The third kappa shape index (κ3) is 6.19. The van der Waals surface area contributed by atoms with Gasteiger partial charge < -0.3 is 15.7 Å². The Morgan fingerprint density at radius 1 is 1.04 bits per heavy atom. The maximum atomic E-state index is 13.2. The second-order valence-electron chi connectivity index (χ2n) is 6.24. The van der Waals surface area contributed by atoms with Gasteiger partial charge >= 0.3 is 0 Å². The lowest BCUT2D eigenvalue weighted by atomic mass is 9.98. The minimum Gasteiger partial charge on any atom is -0.386 e. The predicted octanol–water partition coefficient (Wildman–Crippen LogP) is 3.28. The van der Waals surface area contributed by atoms with Crippen LogP contribution in [0, 0.1) is 0 Å². The van der Waals surface area contributed by atoms with E-state index >= 15 is 0 Å². The zero-order valence-electron chi connectivity index (χ0n) is 15.2. The van der Waals surface area contributed by atoms with Crippen molar-refractivity contribution >= 4 is 35.0 Å². The molecule has 0 saturated carbocycles. The molecule has 28 heavy (non-hydrogen) atoms. The summed E-state index contributed by atoms with van der Waals surface area (Å²) >= 11 is 10.9. The summed E-state index contributed by atoms with van der Waals surface area (Å²) in [5, 5.41) is 15.3. The number of hydrogen-bond acceptors (Lipinski definition) is 3. The Morgan fingerprint density at radius 3 is 2.04 bits per heavy atom. The molecule has 2 aromatic rings. The fourth-order valence-electron chi connectivity index (χ4n) is 2.59. The summed E-state index contributed by atoms with van der Waals surface area (Å²) in [6.45, 7) is 0.959. The van der Waals surface area contributed by atoms with E-state index in [1.54, 1.807) is 24.3 Å². The predicted molar refractivity (Wildman–Crippen MR) is 108 cm³/mol. The molecule has 0 bridgehead atoms. The van der Waals surface area contributed by atoms with Crippen LogP contribution in [0.15, 0.2) is 48.5 Å². The fraction of sp³-hybridized carbons (Fsp3) is 0.300. The minimum atomic E-state index is -1.34. The highest BCUT2D eigenvalue weighted by atomic mass is 35.5. The normalized spacial score (nSPS) is 13.1. The largest absolute Gasteiger partial charge is 0.386 e. The maximum absolute atomic E-state index is 13.2. The van der Waals surface area contributed by atoms with Gasteiger partial charge in [0.2, 0.25) is 5.91 Å². The summed E-state index contributed by atoms with van der Waals surface area (Å²) in [6.07, 6.45) is -1.24. The Balaban J connectivity index is 2.07. The topological polar surface area (TPSA) is 78.4 Å². The van der Waals surface area contributed by atoms with Crippen LogP contribution in [0.4, 0.5) is 4.39 Å². The standard InChI is InChI=1S/C20H21Cl2FN2O3/c1-12(26)24-11-13-2-4-14(5-3-13)15-6-8-16(9-7-15)18(27)17(10-23)25-20(28)19(21)22/h2-9,17-19,27H,10-11H2,1H3,(H,24,26)(H,25,28)/t17-,18-/m1/s1. The number of carbonyl (C=O) groups excluding carboxylic acids is 2. The number of carbonyl (C=O) groups is 2. The molecule has 0 aliphatic heterocycles. The lowest BCUT2D eigenvalue weighted by molar-refractivity contribution is -0.121. The zero-order valence-corrected chi connectivity index (χ0v) is 16.7. The molecule has 0 radical (unpaired) electrons. The Bertz CT molecular complexity index is 798. The summed E-state index contributed by atoms with van der Waals surface area (Å²) in [5.41, 5.74) is 3.29. The van der Waals surface area contributed by atoms with Crippen LogP contribution in [-0.2, 0) is 16.1 Å². The van der Waals surface area contributed by atoms with Gasteiger partial charge in [0.05, 0.1) is 6.04 Å². The molecule has 0 heterocycles. The highest BCUT2D eigenvalue weighted by molar-refractivity contribution is 6.53. The van der Waals surface area contributed by atoms with Gasteiger partial charge in [0, 0.05) is 13.5 Å². The Labute approximate surface area is 172 Å². The molecule has 0 unspecified atom stereocenters. The van der Waals surface area contributed by atoms with E-state index in [0.717, 1.165) is 16.7 Å². The first kappa shape index (κ1) is 22.1. The van der Waals surface area contributed by atoms with E-state index in [9.17, 15) is 19.1 Å². The van der Waals surface area contributed by atoms with Crippen molar-refractivity contribution < 1.29 is 19.1 Å². The van der Waals surface area contributed by atoms with Crippen molar-refractivity contribution in [1.82, 2.24) is 10.6 Å². The summed E-state index contributed by atoms with van der Waals surface area (Å²) < 4.78 is 13.2. The SMILES string of the molecule is CC(=O)NCc1ccc(-c2ccc([C@@H](O)[C@@H](CF)NC(=O)C(Cl)Cl)cc2)cc1. The quantitative estimate of drug-likeness (QED) is 0.566. The molecule has 0 spiro atoms. The van der Waals surface area contributed by atoms with E-state index in [-0.39, 0.29) is 5.91 Å². The van der Waals surface area contributed by atoms with E-state index in [1.165, 1.54) is 6.92 Å². The number of amides is 2. The van der Waals surface area contributed by atoms with Crippen LogP contribution < -0.4 is 10.6 Å². The highest BCUT2D eigenvalue weighted by Crippen LogP contribution is 2.24. The summed E-state index contributed by atoms with van der Waals surface area (Å²) in [5.74, 6) is -0.852. The molecular weight excluding hydrogens is 406 g/mol. The van der Waals surface area contributed by atoms with Gasteiger partial charge in [0.15, 0.2) is 4.84 Å². The molecule has 0 aliphatic rings. The molecule has 2 aromatic carbocycles. The first-order chi connectivity index (χ1) is 13.3. The zero-order chi connectivity index (χ0) is 20.7. The van der Waals surface area contributed by atoms with Gasteiger partial charge in [-0.2, -0.15) is 0 Å². The van der Waals surface area contributed by atoms with Crippen LogP contribution in [0.5, 0.6) is 0 Å². The van der Waals surface area contributed by atoms with E-state index in [4.69, 9.17) is 23.2 Å². The molecule has 0 aromatic heterocycles. The smallest absolute Gasteiger partial charge is 0.253 e. The number of halogens is 3. The number of nitrogens with one attached hydrogen (secondary N) is 2. The number of hydrogen-bond donors (Lipinski definition) is 3. The highest BCUT2D eigenvalue weighted by Gasteiger charge is 2.25. The van der Waals surface area contributed by atoms with Gasteiger partial charge in [0.1, 0.15) is 12.8 Å². The van der Waals surface area contributed by atoms with Gasteiger partial charge in [-0.1, -0.05) is 71.7 Å². The number of aliphatic hydroxyl groups is 1. The molecule has 8 heteroatoms. The van der Waals surface area contributed by atoms with Crippen LogP contribution in [0.25, 0.3) is 11.1 Å². The molecule has 0 fully saturated rings. The van der Waals surface area contributed by atoms with Crippen molar-refractivity contribution in [3.05, 3.63) is 59.7 Å². The van der Waals surface area contributed by atoms with Crippen molar-refractivity contribution in [3.8, 4) is 11.1 Å². The van der Waals surface area contributed by atoms with Crippen LogP contribution in [0.2, 0.25) is 0 Å². The van der Waals surface area contributed by atoms with Crippen molar-refractivity contribution in [3.63, 3.8) is 0 Å². The van der Waals surface area contributed by atoms with Crippen molar-refractivity contribution in [2.45, 2.75) is 30.5 Å². The van der Waals surface area contributed by atoms with Gasteiger partial charge in [0.25, 0.3) is 5.91 Å². The number of aliphatic hydroxyl groups excluding tert-OH is 1. The van der Waals surface area contributed by atoms with Crippen LogP contribution in [0.1, 0.15) is 24.2 Å². The summed E-state index contributed by atoms with van der Waals surface area (Å²) in [6, 6.07) is 13.5. The van der Waals surface area contributed by atoms with Gasteiger partial charge in [-0.25, -0.2) is 4.39 Å². The lowest BCUT2D eigenvalue weighted by Crippen LogP contribution is -2.43. The van der Waals surface area contributed by atoms with E-state index in [1.807, 2.05) is 24.3 Å². The average Bonchev–Trinajstić information content (AvgIpc) is 2.70. The Kier molecular flexibility index (Phi) is 8.23. The molecule has 2 rings (SSSR count). The van der Waals surface area contributed by atoms with E-state index in [2.05, 4.69) is 10.6 Å². The first-order valence-corrected chi connectivity index (χ1v) is 9.45. The summed E-state index contributed by atoms with van der Waals surface area (Å²) in [4.78, 5) is 21.1. The second-order valence-corrected chi connectivity index (χ2v) is 7.34. The molecule has 150 valence electrons. The van der Waals surface area contributed by atoms with Crippen molar-refractivity contribution in [1.29, 1.82) is 0 Å². The molecular formula is C20H21Cl2FN2O3. The monoisotopic (exact) mass is 426 g/mol. The molecule has 3 N–H and O–H groups in total. The Morgan fingerprint density at radius 2 is 1.57 bits per heavy atom. The molecule has 0 saturated heterocycles. The van der Waals surface area contributed by atoms with Crippen molar-refractivity contribution in [2.75, 3.05) is 6.67 Å². The molecule has 2 atom stereocenters. The van der Waals surface area contributed by atoms with Gasteiger partial charge in [-0.05, 0) is 22.3 Å². The Hall–Kier alpha value is -2.15. The molecule has 5 nitrogen and oxygen atoms in total. The van der Waals surface area contributed by atoms with Gasteiger partial charge in [-0.15, -0.1) is 0 Å². The van der Waals surface area contributed by atoms with Crippen LogP contribution in [0.3, 0.4) is 0 Å². The number of alkyl halides is 3. The second kappa shape index (κ2) is 10.4. The van der Waals surface area contributed by atoms with Crippen LogP contribution in [-0.4, -0.2) is 34.5 Å². The molecule has 2 amide bonds. The third-order valence-corrected chi connectivity index (χ3v) is 4.55. The number of benzene rings is 2. The summed E-state index contributed by atoms with van der Waals surface area (Å²) in [7, 11) is 0. The van der Waals surface area contributed by atoms with Gasteiger partial charge in [-0.3, -0.25) is 9.59 Å². The van der Waals surface area contributed by atoms with E-state index < -0.39 is 29.6 Å². The third-order valence-electron chi connectivity index (χ3n) is 4.15. The number of rotatable bonds is 8.